The van der Waals surface area contributed by atoms with Crippen LogP contribution in [0.3, 0.4) is 0 Å². The quantitative estimate of drug-likeness (QED) is 0.0927. The Morgan fingerprint density at radius 3 is 1.83 bits per heavy atom. The van der Waals surface area contributed by atoms with Gasteiger partial charge in [-0.15, -0.1) is 0 Å². The van der Waals surface area contributed by atoms with Gasteiger partial charge in [0.05, 0.1) is 17.1 Å². The number of carboxylic acids is 1. The molecule has 250 valence electrons. The Morgan fingerprint density at radius 1 is 0.761 bits per heavy atom. The van der Waals surface area contributed by atoms with Gasteiger partial charge >= 0.3 is 11.9 Å². The summed E-state index contributed by atoms with van der Waals surface area (Å²) in [7, 11) is -3.85. The molecule has 0 aliphatic heterocycles. The number of rotatable bonds is 20. The molecule has 2 aromatic carbocycles. The highest BCUT2D eigenvalue weighted by Crippen LogP contribution is 2.19. The van der Waals surface area contributed by atoms with Crippen LogP contribution < -0.4 is 9.46 Å². The van der Waals surface area contributed by atoms with Crippen LogP contribution in [0.1, 0.15) is 106 Å². The molecule has 3 aromatic rings. The Bertz CT molecular complexity index is 1460. The third-order valence-corrected chi connectivity index (χ3v) is 8.69. The number of hydrogen-bond donors (Lipinski definition) is 2. The van der Waals surface area contributed by atoms with Gasteiger partial charge in [-0.25, -0.2) is 18.2 Å². The number of unbranched alkanes of at least 4 members (excludes halogenated alkanes) is 8. The zero-order chi connectivity index (χ0) is 33.4. The number of carbonyl (C=O) groups excluding carboxylic acids is 1. The normalized spacial score (nSPS) is 11.6. The highest BCUT2D eigenvalue weighted by molar-refractivity contribution is 7.92. The lowest BCUT2D eigenvalue weighted by Gasteiger charge is -2.19. The van der Waals surface area contributed by atoms with Crippen molar-refractivity contribution in [2.45, 2.75) is 108 Å². The molecule has 0 atom stereocenters. The van der Waals surface area contributed by atoms with Crippen LogP contribution >= 0.6 is 0 Å². The van der Waals surface area contributed by atoms with Gasteiger partial charge in [0.15, 0.2) is 0 Å². The number of aromatic nitrogens is 1. The number of anilines is 1. The SMILES string of the molecule is CC(C)(C)OC(=O)CCCCCCCCCCCOc1ccc(CCc2ccc(S(=O)(=O)Nc3ccc(C(=O)O)cn3)cc2)cc1. The van der Waals surface area contributed by atoms with E-state index in [0.717, 1.165) is 56.0 Å². The van der Waals surface area contributed by atoms with Gasteiger partial charge in [-0.1, -0.05) is 69.2 Å². The van der Waals surface area contributed by atoms with Gasteiger partial charge in [-0.05, 0) is 94.0 Å². The first-order chi connectivity index (χ1) is 21.9. The first kappa shape index (κ1) is 36.5. The predicted octanol–water partition coefficient (Wildman–Crippen LogP) is 7.99. The molecule has 0 amide bonds. The molecular formula is C36H48N2O7S. The highest BCUT2D eigenvalue weighted by atomic mass is 32.2. The zero-order valence-corrected chi connectivity index (χ0v) is 28.1. The minimum atomic E-state index is -3.85. The second kappa shape index (κ2) is 18.3. The summed E-state index contributed by atoms with van der Waals surface area (Å²) < 4.78 is 39.0. The molecule has 0 aliphatic carbocycles. The zero-order valence-electron chi connectivity index (χ0n) is 27.3. The van der Waals surface area contributed by atoms with Crippen LogP contribution in [0.4, 0.5) is 5.82 Å². The number of benzene rings is 2. The number of hydrogen-bond acceptors (Lipinski definition) is 7. The number of aryl methyl sites for hydroxylation is 2. The first-order valence-corrected chi connectivity index (χ1v) is 17.6. The fourth-order valence-electron chi connectivity index (χ4n) is 4.85. The molecule has 1 heterocycles. The Kier molecular flexibility index (Phi) is 14.5. The van der Waals surface area contributed by atoms with E-state index in [1.54, 1.807) is 24.3 Å². The molecule has 3 rings (SSSR count). The largest absolute Gasteiger partial charge is 0.494 e. The molecule has 0 radical (unpaired) electrons. The molecule has 9 nitrogen and oxygen atoms in total. The minimum Gasteiger partial charge on any atom is -0.494 e. The van der Waals surface area contributed by atoms with Crippen molar-refractivity contribution >= 4 is 27.8 Å². The van der Waals surface area contributed by atoms with Crippen LogP contribution in [0.25, 0.3) is 0 Å². The van der Waals surface area contributed by atoms with Crippen molar-refractivity contribution in [3.8, 4) is 5.75 Å². The van der Waals surface area contributed by atoms with Crippen LogP contribution in [0.2, 0.25) is 0 Å². The van der Waals surface area contributed by atoms with Gasteiger partial charge < -0.3 is 14.6 Å². The van der Waals surface area contributed by atoms with Gasteiger partial charge in [0.1, 0.15) is 17.2 Å². The van der Waals surface area contributed by atoms with Crippen molar-refractivity contribution in [3.05, 3.63) is 83.6 Å². The molecule has 1 aromatic heterocycles. The van der Waals surface area contributed by atoms with Gasteiger partial charge in [-0.3, -0.25) is 9.52 Å². The van der Waals surface area contributed by atoms with E-state index in [9.17, 15) is 18.0 Å². The molecule has 0 aliphatic rings. The average Bonchev–Trinajstić information content (AvgIpc) is 3.00. The molecule has 0 saturated carbocycles. The number of sulfonamides is 1. The van der Waals surface area contributed by atoms with Crippen molar-refractivity contribution in [1.29, 1.82) is 0 Å². The maximum Gasteiger partial charge on any atom is 0.337 e. The van der Waals surface area contributed by atoms with Crippen molar-refractivity contribution in [1.82, 2.24) is 4.98 Å². The monoisotopic (exact) mass is 652 g/mol. The lowest BCUT2D eigenvalue weighted by Crippen LogP contribution is -2.23. The summed E-state index contributed by atoms with van der Waals surface area (Å²) in [5.41, 5.74) is 1.77. The molecular weight excluding hydrogens is 604 g/mol. The third kappa shape index (κ3) is 14.0. The van der Waals surface area contributed by atoms with Crippen molar-refractivity contribution < 1.29 is 32.6 Å². The summed E-state index contributed by atoms with van der Waals surface area (Å²) in [6.45, 7) is 6.41. The van der Waals surface area contributed by atoms with E-state index in [2.05, 4.69) is 21.8 Å². The van der Waals surface area contributed by atoms with Crippen LogP contribution in [-0.2, 0) is 32.4 Å². The predicted molar refractivity (Wildman–Crippen MR) is 180 cm³/mol. The third-order valence-electron chi connectivity index (χ3n) is 7.32. The lowest BCUT2D eigenvalue weighted by atomic mass is 10.0. The van der Waals surface area contributed by atoms with Gasteiger partial charge in [-0.2, -0.15) is 0 Å². The maximum atomic E-state index is 12.7. The molecule has 0 saturated heterocycles. The van der Waals surface area contributed by atoms with Crippen molar-refractivity contribution in [2.75, 3.05) is 11.3 Å². The molecule has 10 heteroatoms. The standard InChI is InChI=1S/C36H48N2O7S/c1-36(2,3)45-34(39)13-11-9-7-5-4-6-8-10-12-26-44-31-21-16-28(17-22-31)14-15-29-18-23-32(24-19-29)46(42,43)38-33-25-20-30(27-37-33)35(40)41/h16-25,27H,4-15,26H2,1-3H3,(H,37,38)(H,40,41). The number of carbonyl (C=O) groups is 2. The Labute approximate surface area is 273 Å². The highest BCUT2D eigenvalue weighted by Gasteiger charge is 2.16. The molecule has 46 heavy (non-hydrogen) atoms. The summed E-state index contributed by atoms with van der Waals surface area (Å²) in [4.78, 5) is 26.6. The van der Waals surface area contributed by atoms with E-state index in [1.807, 2.05) is 32.9 Å². The number of carboxylic acid groups (broad SMARTS) is 1. The van der Waals surface area contributed by atoms with Crippen LogP contribution in [0.5, 0.6) is 5.75 Å². The number of ether oxygens (including phenoxy) is 2. The maximum absolute atomic E-state index is 12.7. The van der Waals surface area contributed by atoms with E-state index in [1.165, 1.54) is 49.8 Å². The molecule has 2 N–H and O–H groups in total. The minimum absolute atomic E-state index is 0.0231. The van der Waals surface area contributed by atoms with Gasteiger partial charge in [0.25, 0.3) is 10.0 Å². The van der Waals surface area contributed by atoms with Crippen molar-refractivity contribution in [2.24, 2.45) is 0 Å². The number of esters is 1. The molecule has 0 spiro atoms. The molecule has 0 fully saturated rings. The van der Waals surface area contributed by atoms with E-state index in [4.69, 9.17) is 14.6 Å². The topological polar surface area (TPSA) is 132 Å². The fraction of sp³-hybridized carbons (Fsp3) is 0.472. The Hall–Kier alpha value is -3.92. The fourth-order valence-corrected chi connectivity index (χ4v) is 5.85. The second-order valence-electron chi connectivity index (χ2n) is 12.5. The summed E-state index contributed by atoms with van der Waals surface area (Å²) in [6, 6.07) is 17.4. The summed E-state index contributed by atoms with van der Waals surface area (Å²) >= 11 is 0. The lowest BCUT2D eigenvalue weighted by molar-refractivity contribution is -0.154. The van der Waals surface area contributed by atoms with Crippen LogP contribution in [0.15, 0.2) is 71.8 Å². The first-order valence-electron chi connectivity index (χ1n) is 16.2. The Balaban J connectivity index is 1.25. The van der Waals surface area contributed by atoms with Crippen LogP contribution in [0, 0.1) is 0 Å². The number of nitrogens with zero attached hydrogens (tertiary/aromatic N) is 1. The molecule has 0 bridgehead atoms. The van der Waals surface area contributed by atoms with E-state index in [0.29, 0.717) is 13.0 Å². The summed E-state index contributed by atoms with van der Waals surface area (Å²) in [5, 5.41) is 8.96. The Morgan fingerprint density at radius 2 is 1.30 bits per heavy atom. The average molecular weight is 653 g/mol. The second-order valence-corrected chi connectivity index (χ2v) is 14.2. The van der Waals surface area contributed by atoms with Crippen molar-refractivity contribution in [3.63, 3.8) is 0 Å². The number of pyridine rings is 1. The van der Waals surface area contributed by atoms with Crippen LogP contribution in [-0.4, -0.2) is 42.7 Å². The van der Waals surface area contributed by atoms with Gasteiger partial charge in [0.2, 0.25) is 0 Å². The van der Waals surface area contributed by atoms with Gasteiger partial charge in [0, 0.05) is 12.6 Å². The van der Waals surface area contributed by atoms with E-state index in [-0.39, 0.29) is 22.2 Å². The molecule has 0 unspecified atom stereocenters. The number of aromatic carboxylic acids is 1. The van der Waals surface area contributed by atoms with E-state index < -0.39 is 21.6 Å². The van der Waals surface area contributed by atoms with E-state index >= 15 is 0 Å². The summed E-state index contributed by atoms with van der Waals surface area (Å²) in [6.07, 6.45) is 13.4. The summed E-state index contributed by atoms with van der Waals surface area (Å²) in [5.74, 6) is -0.312. The number of nitrogens with one attached hydrogen (secondary N) is 1. The smallest absolute Gasteiger partial charge is 0.337 e.